The molecule has 3 nitrogen and oxygen atoms in total. The van der Waals surface area contributed by atoms with Crippen LogP contribution in [0.1, 0.15) is 79.4 Å². The molecule has 3 heteroatoms. The third-order valence-electron chi connectivity index (χ3n) is 11.1. The van der Waals surface area contributed by atoms with Gasteiger partial charge >= 0.3 is 0 Å². The number of benzene rings is 5. The number of hydrogen-bond donors (Lipinski definition) is 0. The van der Waals surface area contributed by atoms with E-state index in [4.69, 9.17) is 15.0 Å². The van der Waals surface area contributed by atoms with Crippen molar-refractivity contribution in [3.63, 3.8) is 0 Å². The van der Waals surface area contributed by atoms with Gasteiger partial charge in [-0.05, 0) is 88.7 Å². The maximum Gasteiger partial charge on any atom is 0.164 e. The summed E-state index contributed by atoms with van der Waals surface area (Å²) in [6.07, 6.45) is 21.6. The van der Waals surface area contributed by atoms with Crippen molar-refractivity contribution in [2.24, 2.45) is 0 Å². The quantitative estimate of drug-likeness (QED) is 0.181. The van der Waals surface area contributed by atoms with Gasteiger partial charge in [-0.15, -0.1) is 0 Å². The van der Waals surface area contributed by atoms with Crippen LogP contribution in [0.25, 0.3) is 56.3 Å². The average Bonchev–Trinajstić information content (AvgIpc) is 3.21. The molecule has 244 valence electrons. The molecule has 0 unspecified atom stereocenters. The molecule has 3 aliphatic rings. The summed E-state index contributed by atoms with van der Waals surface area (Å²) in [6.45, 7) is 0. The summed E-state index contributed by atoms with van der Waals surface area (Å²) in [6, 6.07) is 40.4. The van der Waals surface area contributed by atoms with Crippen molar-refractivity contribution >= 4 is 22.4 Å². The van der Waals surface area contributed by atoms with E-state index in [0.717, 1.165) is 66.4 Å². The van der Waals surface area contributed by atoms with E-state index in [2.05, 4.69) is 140 Å². The van der Waals surface area contributed by atoms with Crippen LogP contribution in [-0.2, 0) is 11.8 Å². The lowest BCUT2D eigenvalue weighted by molar-refractivity contribution is 0.346. The van der Waals surface area contributed by atoms with E-state index in [0.29, 0.717) is 11.6 Å². The lowest BCUT2D eigenvalue weighted by atomic mass is 9.65. The van der Waals surface area contributed by atoms with Gasteiger partial charge in [0.25, 0.3) is 0 Å². The molecule has 1 saturated carbocycles. The first-order valence-corrected chi connectivity index (χ1v) is 18.4. The lowest BCUT2D eigenvalue weighted by Gasteiger charge is -2.39. The van der Waals surface area contributed by atoms with Crippen molar-refractivity contribution in [2.45, 2.75) is 63.2 Å². The van der Waals surface area contributed by atoms with Crippen LogP contribution in [-0.4, -0.2) is 15.0 Å². The first-order chi connectivity index (χ1) is 24.7. The molecule has 1 aromatic heterocycles. The van der Waals surface area contributed by atoms with Gasteiger partial charge in [-0.2, -0.15) is 0 Å². The molecule has 6 aromatic rings. The number of allylic oxidation sites excluding steroid dienone is 5. The van der Waals surface area contributed by atoms with Crippen LogP contribution in [0.2, 0.25) is 0 Å². The normalized spacial score (nSPS) is 16.6. The molecule has 5 aromatic carbocycles. The molecule has 0 amide bonds. The van der Waals surface area contributed by atoms with Crippen molar-refractivity contribution in [1.29, 1.82) is 0 Å². The molecule has 9 rings (SSSR count). The second-order valence-electron chi connectivity index (χ2n) is 14.1. The largest absolute Gasteiger partial charge is 0.208 e. The number of aryl methyl sites for hydroxylation is 1. The predicted octanol–water partition coefficient (Wildman–Crippen LogP) is 12.0. The summed E-state index contributed by atoms with van der Waals surface area (Å²) < 4.78 is 0. The van der Waals surface area contributed by atoms with Gasteiger partial charge < -0.3 is 0 Å². The Kier molecular flexibility index (Phi) is 8.05. The molecule has 0 bridgehead atoms. The minimum absolute atomic E-state index is 0.00395. The van der Waals surface area contributed by atoms with Crippen molar-refractivity contribution in [1.82, 2.24) is 15.0 Å². The van der Waals surface area contributed by atoms with Crippen LogP contribution in [0, 0.1) is 0 Å². The molecule has 1 fully saturated rings. The number of fused-ring (bicyclic) bond motifs is 2. The Morgan fingerprint density at radius 1 is 0.520 bits per heavy atom. The monoisotopic (exact) mass is 647 g/mol. The second-order valence-corrected chi connectivity index (χ2v) is 14.1. The zero-order valence-electron chi connectivity index (χ0n) is 28.5. The molecule has 0 aliphatic heterocycles. The molecule has 50 heavy (non-hydrogen) atoms. The van der Waals surface area contributed by atoms with E-state index in [1.54, 1.807) is 0 Å². The van der Waals surface area contributed by atoms with Gasteiger partial charge in [0.1, 0.15) is 0 Å². The molecule has 3 aliphatic carbocycles. The van der Waals surface area contributed by atoms with Gasteiger partial charge in [-0.3, -0.25) is 0 Å². The van der Waals surface area contributed by atoms with Crippen molar-refractivity contribution in [3.05, 3.63) is 162 Å². The van der Waals surface area contributed by atoms with Crippen molar-refractivity contribution in [3.8, 4) is 33.9 Å². The van der Waals surface area contributed by atoms with E-state index >= 15 is 0 Å². The SMILES string of the molecule is C1=CC(c2nc(-c3ccc(C4(c5ccc(-c6ccc7c(c6)C=CCC7)cc5)CCCCC4)cc3)nc(-c3cccc4ccccc34)n2)=CCC1. The maximum absolute atomic E-state index is 5.12. The summed E-state index contributed by atoms with van der Waals surface area (Å²) >= 11 is 0. The topological polar surface area (TPSA) is 38.7 Å². The third kappa shape index (κ3) is 5.71. The standard InChI is InChI=1S/C47H41N3/c1-3-14-36(15-4-1)44-48-45(50-46(49-44)43-19-11-17-35-13-7-8-18-42(35)43)37-24-28-41(29-25-37)47(30-9-2-10-31-47)40-26-22-34(23-27-40)39-21-20-33-12-5-6-16-38(33)32-39/h3,6-8,11,13-29,32H,1-2,4-5,9-10,12,30-31H2. The molecule has 0 saturated heterocycles. The summed E-state index contributed by atoms with van der Waals surface area (Å²) in [5.74, 6) is 2.16. The second kappa shape index (κ2) is 13.1. The Labute approximate surface area is 295 Å². The Balaban J connectivity index is 1.08. The smallest absolute Gasteiger partial charge is 0.164 e. The zero-order valence-corrected chi connectivity index (χ0v) is 28.5. The van der Waals surface area contributed by atoms with Gasteiger partial charge in [-0.25, -0.2) is 15.0 Å². The minimum Gasteiger partial charge on any atom is -0.208 e. The van der Waals surface area contributed by atoms with Crippen LogP contribution in [0.5, 0.6) is 0 Å². The Hall–Kier alpha value is -5.41. The van der Waals surface area contributed by atoms with Gasteiger partial charge in [-0.1, -0.05) is 153 Å². The molecular formula is C47H41N3. The third-order valence-corrected chi connectivity index (χ3v) is 11.1. The van der Waals surface area contributed by atoms with Gasteiger partial charge in [0.15, 0.2) is 17.5 Å². The highest BCUT2D eigenvalue weighted by Gasteiger charge is 2.35. The first kappa shape index (κ1) is 30.6. The highest BCUT2D eigenvalue weighted by molar-refractivity contribution is 5.95. The fourth-order valence-corrected chi connectivity index (χ4v) is 8.38. The number of aromatic nitrogens is 3. The van der Waals surface area contributed by atoms with E-state index < -0.39 is 0 Å². The lowest BCUT2D eigenvalue weighted by Crippen LogP contribution is -2.30. The molecule has 0 spiro atoms. The van der Waals surface area contributed by atoms with Gasteiger partial charge in [0, 0.05) is 22.1 Å². The van der Waals surface area contributed by atoms with Gasteiger partial charge in [0.05, 0.1) is 0 Å². The number of hydrogen-bond acceptors (Lipinski definition) is 3. The molecule has 0 radical (unpaired) electrons. The summed E-state index contributed by atoms with van der Waals surface area (Å²) in [4.78, 5) is 15.2. The average molecular weight is 648 g/mol. The fraction of sp³-hybridized carbons (Fsp3) is 0.213. The molecule has 0 atom stereocenters. The molecule has 0 N–H and O–H groups in total. The van der Waals surface area contributed by atoms with E-state index in [9.17, 15) is 0 Å². The van der Waals surface area contributed by atoms with Crippen LogP contribution >= 0.6 is 0 Å². The Morgan fingerprint density at radius 2 is 1.22 bits per heavy atom. The minimum atomic E-state index is 0.00395. The molecule has 1 heterocycles. The Morgan fingerprint density at radius 3 is 2.02 bits per heavy atom. The zero-order chi connectivity index (χ0) is 33.3. The Bertz CT molecular complexity index is 2280. The first-order valence-electron chi connectivity index (χ1n) is 18.4. The highest BCUT2D eigenvalue weighted by atomic mass is 15.0. The van der Waals surface area contributed by atoms with Crippen LogP contribution in [0.3, 0.4) is 0 Å². The molecular weight excluding hydrogens is 607 g/mol. The van der Waals surface area contributed by atoms with E-state index in [1.807, 2.05) is 0 Å². The van der Waals surface area contributed by atoms with Gasteiger partial charge in [0.2, 0.25) is 0 Å². The van der Waals surface area contributed by atoms with Crippen molar-refractivity contribution in [2.75, 3.05) is 0 Å². The number of rotatable bonds is 6. The van der Waals surface area contributed by atoms with Crippen LogP contribution in [0.15, 0.2) is 133 Å². The summed E-state index contributed by atoms with van der Waals surface area (Å²) in [7, 11) is 0. The number of nitrogens with zero attached hydrogens (tertiary/aromatic N) is 3. The fourth-order valence-electron chi connectivity index (χ4n) is 8.38. The summed E-state index contributed by atoms with van der Waals surface area (Å²) in [5, 5.41) is 2.33. The summed E-state index contributed by atoms with van der Waals surface area (Å²) in [5.41, 5.74) is 11.3. The predicted molar refractivity (Wildman–Crippen MR) is 208 cm³/mol. The maximum atomic E-state index is 5.12. The van der Waals surface area contributed by atoms with Crippen molar-refractivity contribution < 1.29 is 0 Å². The van der Waals surface area contributed by atoms with Crippen LogP contribution in [0.4, 0.5) is 0 Å². The van der Waals surface area contributed by atoms with E-state index in [-0.39, 0.29) is 5.41 Å². The van der Waals surface area contributed by atoms with E-state index in [1.165, 1.54) is 58.0 Å². The highest BCUT2D eigenvalue weighted by Crippen LogP contribution is 2.46. The van der Waals surface area contributed by atoms with Crippen LogP contribution < -0.4 is 0 Å².